The van der Waals surface area contributed by atoms with Crippen LogP contribution in [0.2, 0.25) is 0 Å². The third kappa shape index (κ3) is 3.74. The second-order valence-electron chi connectivity index (χ2n) is 4.72. The summed E-state index contributed by atoms with van der Waals surface area (Å²) < 4.78 is 25.8. The molecule has 7 heteroatoms. The van der Waals surface area contributed by atoms with Gasteiger partial charge in [-0.05, 0) is 31.0 Å². The van der Waals surface area contributed by atoms with Gasteiger partial charge in [0.05, 0.1) is 16.7 Å². The molecule has 0 saturated heterocycles. The van der Waals surface area contributed by atoms with E-state index >= 15 is 0 Å². The average molecular weight is 314 g/mol. The molecule has 0 saturated carbocycles. The lowest BCUT2D eigenvalue weighted by atomic mass is 10.2. The Hall–Kier alpha value is -1.05. The maximum absolute atomic E-state index is 11.6. The minimum Gasteiger partial charge on any atom is -0.324 e. The zero-order valence-corrected chi connectivity index (χ0v) is 13.1. The van der Waals surface area contributed by atoms with Gasteiger partial charge in [0, 0.05) is 11.4 Å². The van der Waals surface area contributed by atoms with Gasteiger partial charge in [-0.2, -0.15) is 0 Å². The van der Waals surface area contributed by atoms with Crippen molar-refractivity contribution >= 4 is 33.4 Å². The lowest BCUT2D eigenvalue weighted by Gasteiger charge is -2.21. The van der Waals surface area contributed by atoms with Crippen LogP contribution in [0.3, 0.4) is 0 Å². The van der Waals surface area contributed by atoms with E-state index in [1.165, 1.54) is 11.8 Å². The Labute approximate surface area is 123 Å². The normalized spacial score (nSPS) is 18.5. The molecule has 2 rings (SSSR count). The summed E-state index contributed by atoms with van der Waals surface area (Å²) in [6, 6.07) is 5.62. The number of carbonyl (C=O) groups is 1. The highest BCUT2D eigenvalue weighted by atomic mass is 32.2. The lowest BCUT2D eigenvalue weighted by Crippen LogP contribution is -2.27. The highest BCUT2D eigenvalue weighted by Crippen LogP contribution is 2.35. The van der Waals surface area contributed by atoms with Crippen molar-refractivity contribution in [3.63, 3.8) is 0 Å². The van der Waals surface area contributed by atoms with Gasteiger partial charge in [0.25, 0.3) is 0 Å². The fourth-order valence-electron chi connectivity index (χ4n) is 1.90. The van der Waals surface area contributed by atoms with Gasteiger partial charge < -0.3 is 5.32 Å². The molecule has 0 fully saturated rings. The van der Waals surface area contributed by atoms with Gasteiger partial charge in [-0.3, -0.25) is 4.79 Å². The molecule has 110 valence electrons. The molecule has 1 heterocycles. The number of rotatable bonds is 5. The molecule has 0 aromatic heterocycles. The molecule has 1 amide bonds. The molecule has 1 aromatic rings. The average Bonchev–Trinajstić information content (AvgIpc) is 2.38. The topological polar surface area (TPSA) is 75.3 Å². The Morgan fingerprint density at radius 3 is 2.85 bits per heavy atom. The maximum atomic E-state index is 11.6. The van der Waals surface area contributed by atoms with Gasteiger partial charge >= 0.3 is 0 Å². The van der Waals surface area contributed by atoms with E-state index in [4.69, 9.17) is 0 Å². The summed E-state index contributed by atoms with van der Waals surface area (Å²) in [5.74, 6) is 0.105. The van der Waals surface area contributed by atoms with Crippen molar-refractivity contribution in [3.05, 3.63) is 23.8 Å². The van der Waals surface area contributed by atoms with Gasteiger partial charge in [0.2, 0.25) is 15.9 Å². The van der Waals surface area contributed by atoms with Crippen molar-refractivity contribution in [3.8, 4) is 0 Å². The van der Waals surface area contributed by atoms with Crippen molar-refractivity contribution < 1.29 is 13.2 Å². The standard InChI is InChI=1S/C13H18N2O3S2/c1-3-6-20(17,18)14-8-10-4-5-12-11(7-10)15-13(16)9(2)19-12/h4-5,7,9,14H,3,6,8H2,1-2H3,(H,15,16). The molecule has 1 unspecified atom stereocenters. The summed E-state index contributed by atoms with van der Waals surface area (Å²) in [5.41, 5.74) is 1.59. The Bertz CT molecular complexity index is 614. The maximum Gasteiger partial charge on any atom is 0.237 e. The first kappa shape index (κ1) is 15.3. The molecule has 20 heavy (non-hydrogen) atoms. The number of sulfonamides is 1. The quantitative estimate of drug-likeness (QED) is 0.871. The first-order valence-corrected chi connectivity index (χ1v) is 9.02. The van der Waals surface area contributed by atoms with Gasteiger partial charge in [-0.25, -0.2) is 13.1 Å². The summed E-state index contributed by atoms with van der Waals surface area (Å²) in [6.07, 6.45) is 0.587. The zero-order chi connectivity index (χ0) is 14.8. The molecular formula is C13H18N2O3S2. The number of fused-ring (bicyclic) bond motifs is 1. The number of anilines is 1. The van der Waals surface area contributed by atoms with Crippen LogP contribution in [-0.4, -0.2) is 25.3 Å². The third-order valence-corrected chi connectivity index (χ3v) is 5.65. The molecule has 1 atom stereocenters. The van der Waals surface area contributed by atoms with Gasteiger partial charge in [-0.15, -0.1) is 11.8 Å². The molecule has 0 aliphatic carbocycles. The second kappa shape index (κ2) is 6.15. The highest BCUT2D eigenvalue weighted by Gasteiger charge is 2.23. The monoisotopic (exact) mass is 314 g/mol. The third-order valence-electron chi connectivity index (χ3n) is 2.94. The van der Waals surface area contributed by atoms with E-state index in [0.29, 0.717) is 6.42 Å². The molecule has 1 aliphatic heterocycles. The minimum absolute atomic E-state index is 0.0220. The second-order valence-corrected chi connectivity index (χ2v) is 8.03. The van der Waals surface area contributed by atoms with Crippen molar-refractivity contribution in [1.82, 2.24) is 4.72 Å². The van der Waals surface area contributed by atoms with Crippen molar-refractivity contribution in [1.29, 1.82) is 0 Å². The van der Waals surface area contributed by atoms with E-state index in [9.17, 15) is 13.2 Å². The SMILES string of the molecule is CCCS(=O)(=O)NCc1ccc2c(c1)NC(=O)C(C)S2. The Morgan fingerprint density at radius 2 is 2.15 bits per heavy atom. The largest absolute Gasteiger partial charge is 0.324 e. The van der Waals surface area contributed by atoms with Crippen LogP contribution in [0, 0.1) is 0 Å². The zero-order valence-electron chi connectivity index (χ0n) is 11.5. The van der Waals surface area contributed by atoms with Crippen molar-refractivity contribution in [2.24, 2.45) is 0 Å². The van der Waals surface area contributed by atoms with Gasteiger partial charge in [0.15, 0.2) is 0 Å². The van der Waals surface area contributed by atoms with E-state index in [2.05, 4.69) is 10.0 Å². The van der Waals surface area contributed by atoms with Crippen LogP contribution in [-0.2, 0) is 21.4 Å². The van der Waals surface area contributed by atoms with E-state index in [0.717, 1.165) is 16.1 Å². The molecule has 0 spiro atoms. The number of nitrogens with one attached hydrogen (secondary N) is 2. The molecule has 1 aliphatic rings. The fraction of sp³-hybridized carbons (Fsp3) is 0.462. The van der Waals surface area contributed by atoms with E-state index < -0.39 is 10.0 Å². The Morgan fingerprint density at radius 1 is 1.40 bits per heavy atom. The van der Waals surface area contributed by atoms with Gasteiger partial charge in [-0.1, -0.05) is 13.0 Å². The van der Waals surface area contributed by atoms with Crippen LogP contribution in [0.1, 0.15) is 25.8 Å². The first-order chi connectivity index (χ1) is 9.41. The van der Waals surface area contributed by atoms with Crippen LogP contribution < -0.4 is 10.0 Å². The van der Waals surface area contributed by atoms with Crippen LogP contribution >= 0.6 is 11.8 Å². The smallest absolute Gasteiger partial charge is 0.237 e. The van der Waals surface area contributed by atoms with E-state index in [-0.39, 0.29) is 23.5 Å². The van der Waals surface area contributed by atoms with Crippen molar-refractivity contribution in [2.75, 3.05) is 11.1 Å². The molecule has 5 nitrogen and oxygen atoms in total. The number of carbonyl (C=O) groups excluding carboxylic acids is 1. The molecule has 0 radical (unpaired) electrons. The lowest BCUT2D eigenvalue weighted by molar-refractivity contribution is -0.115. The Balaban J connectivity index is 2.09. The molecular weight excluding hydrogens is 296 g/mol. The number of benzene rings is 1. The van der Waals surface area contributed by atoms with E-state index in [1.54, 1.807) is 0 Å². The number of hydrogen-bond acceptors (Lipinski definition) is 4. The number of amides is 1. The summed E-state index contributed by atoms with van der Waals surface area (Å²) in [7, 11) is -3.21. The Kier molecular flexibility index (Phi) is 4.72. The van der Waals surface area contributed by atoms with Crippen LogP contribution in [0.4, 0.5) is 5.69 Å². The van der Waals surface area contributed by atoms with Crippen LogP contribution in [0.5, 0.6) is 0 Å². The summed E-state index contributed by atoms with van der Waals surface area (Å²) in [6.45, 7) is 3.92. The predicted molar refractivity (Wildman–Crippen MR) is 81.3 cm³/mol. The number of thioether (sulfide) groups is 1. The van der Waals surface area contributed by atoms with E-state index in [1.807, 2.05) is 32.0 Å². The van der Waals surface area contributed by atoms with Gasteiger partial charge in [0.1, 0.15) is 0 Å². The predicted octanol–water partition coefficient (Wildman–Crippen LogP) is 1.95. The summed E-state index contributed by atoms with van der Waals surface area (Å²) >= 11 is 1.51. The van der Waals surface area contributed by atoms with Crippen LogP contribution in [0.25, 0.3) is 0 Å². The number of hydrogen-bond donors (Lipinski definition) is 2. The van der Waals surface area contributed by atoms with Crippen molar-refractivity contribution in [2.45, 2.75) is 37.0 Å². The summed E-state index contributed by atoms with van der Waals surface area (Å²) in [5, 5.41) is 2.73. The molecule has 1 aromatic carbocycles. The molecule has 2 N–H and O–H groups in total. The first-order valence-electron chi connectivity index (χ1n) is 6.49. The van der Waals surface area contributed by atoms with Crippen LogP contribution in [0.15, 0.2) is 23.1 Å². The summed E-state index contributed by atoms with van der Waals surface area (Å²) in [4.78, 5) is 12.6. The molecule has 0 bridgehead atoms. The minimum atomic E-state index is -3.21. The fourth-order valence-corrected chi connectivity index (χ4v) is 3.90. The highest BCUT2D eigenvalue weighted by molar-refractivity contribution is 8.01.